The van der Waals surface area contributed by atoms with E-state index in [-0.39, 0.29) is 0 Å². The van der Waals surface area contributed by atoms with Gasteiger partial charge in [0, 0.05) is 6.20 Å². The van der Waals surface area contributed by atoms with E-state index < -0.39 is 0 Å². The molecule has 0 spiro atoms. The molecule has 11 heavy (non-hydrogen) atoms. The fraction of sp³-hybridized carbons (Fsp3) is 0.111. The smallest absolute Gasteiger partial charge is 0.0718 e. The summed E-state index contributed by atoms with van der Waals surface area (Å²) in [4.78, 5) is 3.15. The molecule has 0 fully saturated rings. The predicted molar refractivity (Wildman–Crippen MR) is 50.2 cm³/mol. The molecule has 0 aliphatic heterocycles. The minimum Gasteiger partial charge on any atom is -0.357 e. The second kappa shape index (κ2) is 4.85. The van der Waals surface area contributed by atoms with Gasteiger partial charge in [-0.2, -0.15) is 0 Å². The highest BCUT2D eigenvalue weighted by atomic mass is 32.2. The first-order valence-corrected chi connectivity index (χ1v) is 4.66. The third-order valence-corrected chi connectivity index (χ3v) is 1.93. The first kappa shape index (κ1) is 8.21. The van der Waals surface area contributed by atoms with Gasteiger partial charge in [-0.15, -0.1) is 11.8 Å². The highest BCUT2D eigenvalue weighted by Gasteiger charge is 1.78. The van der Waals surface area contributed by atoms with Crippen molar-refractivity contribution in [1.82, 2.24) is 4.98 Å². The van der Waals surface area contributed by atoms with Crippen molar-refractivity contribution in [2.75, 3.05) is 6.26 Å². The SMILES string of the molecule is CSc1ccccccc[nH]1. The molecule has 0 aromatic carbocycles. The first-order chi connectivity index (χ1) is 5.43. The Kier molecular flexibility index (Phi) is 3.62. The summed E-state index contributed by atoms with van der Waals surface area (Å²) in [6.45, 7) is 0. The Balaban J connectivity index is 3.07. The Bertz CT molecular complexity index is 229. The zero-order valence-corrected chi connectivity index (χ0v) is 7.27. The van der Waals surface area contributed by atoms with E-state index in [1.54, 1.807) is 11.8 Å². The summed E-state index contributed by atoms with van der Waals surface area (Å²) in [5.41, 5.74) is 0. The van der Waals surface area contributed by atoms with Gasteiger partial charge in [-0.3, -0.25) is 0 Å². The van der Waals surface area contributed by atoms with Gasteiger partial charge in [0.15, 0.2) is 0 Å². The molecule has 1 rings (SSSR count). The Morgan fingerprint density at radius 2 is 1.82 bits per heavy atom. The molecule has 0 aliphatic carbocycles. The third-order valence-electron chi connectivity index (χ3n) is 1.23. The lowest BCUT2D eigenvalue weighted by Crippen LogP contribution is -1.67. The van der Waals surface area contributed by atoms with E-state index in [2.05, 4.69) is 4.98 Å². The summed E-state index contributed by atoms with van der Waals surface area (Å²) < 4.78 is 0. The van der Waals surface area contributed by atoms with Crippen LogP contribution in [0, 0.1) is 0 Å². The average molecular weight is 165 g/mol. The molecule has 1 aromatic heterocycles. The standard InChI is InChI=1S/C9H11NS/c1-11-9-7-5-3-2-4-6-8-10-9/h2-8,10H,1H3. The number of aromatic nitrogens is 1. The number of rotatable bonds is 1. The van der Waals surface area contributed by atoms with Crippen molar-refractivity contribution in [1.29, 1.82) is 0 Å². The van der Waals surface area contributed by atoms with Crippen molar-refractivity contribution in [3.05, 3.63) is 42.6 Å². The van der Waals surface area contributed by atoms with E-state index in [9.17, 15) is 0 Å². The van der Waals surface area contributed by atoms with Crippen molar-refractivity contribution in [3.8, 4) is 0 Å². The number of H-pyrrole nitrogens is 1. The van der Waals surface area contributed by atoms with Crippen LogP contribution in [0.15, 0.2) is 47.6 Å². The minimum atomic E-state index is 1.15. The Morgan fingerprint density at radius 3 is 2.64 bits per heavy atom. The van der Waals surface area contributed by atoms with Gasteiger partial charge in [0.2, 0.25) is 0 Å². The van der Waals surface area contributed by atoms with Gasteiger partial charge >= 0.3 is 0 Å². The quantitative estimate of drug-likeness (QED) is 0.633. The zero-order valence-electron chi connectivity index (χ0n) is 6.45. The monoisotopic (exact) mass is 165 g/mol. The Hall–Kier alpha value is -0.890. The molecule has 0 saturated carbocycles. The van der Waals surface area contributed by atoms with E-state index in [0.29, 0.717) is 0 Å². The van der Waals surface area contributed by atoms with Gasteiger partial charge in [0.1, 0.15) is 0 Å². The van der Waals surface area contributed by atoms with Crippen LogP contribution in [0.5, 0.6) is 0 Å². The Labute approximate surface area is 71.2 Å². The lowest BCUT2D eigenvalue weighted by Gasteiger charge is -1.87. The molecule has 0 amide bonds. The largest absolute Gasteiger partial charge is 0.357 e. The molecule has 2 heteroatoms. The van der Waals surface area contributed by atoms with Crippen LogP contribution < -0.4 is 0 Å². The van der Waals surface area contributed by atoms with Gasteiger partial charge in [-0.1, -0.05) is 24.3 Å². The summed E-state index contributed by atoms with van der Waals surface area (Å²) in [5.74, 6) is 0. The molecule has 1 aromatic rings. The summed E-state index contributed by atoms with van der Waals surface area (Å²) >= 11 is 1.70. The Morgan fingerprint density at radius 1 is 1.09 bits per heavy atom. The maximum absolute atomic E-state index is 3.15. The molecular formula is C9H11NS. The zero-order chi connectivity index (χ0) is 7.94. The van der Waals surface area contributed by atoms with Crippen molar-refractivity contribution in [3.63, 3.8) is 0 Å². The molecule has 1 nitrogen and oxygen atoms in total. The second-order valence-electron chi connectivity index (χ2n) is 2.01. The molecule has 0 saturated heterocycles. The van der Waals surface area contributed by atoms with Gasteiger partial charge in [-0.05, 0) is 18.4 Å². The second-order valence-corrected chi connectivity index (χ2v) is 2.86. The van der Waals surface area contributed by atoms with E-state index in [4.69, 9.17) is 0 Å². The van der Waals surface area contributed by atoms with Crippen LogP contribution in [-0.4, -0.2) is 11.2 Å². The topological polar surface area (TPSA) is 15.8 Å². The van der Waals surface area contributed by atoms with Crippen LogP contribution in [0.25, 0.3) is 0 Å². The molecule has 1 N–H and O–H groups in total. The summed E-state index contributed by atoms with van der Waals surface area (Å²) in [5, 5.41) is 1.15. The molecule has 0 unspecified atom stereocenters. The van der Waals surface area contributed by atoms with Gasteiger partial charge in [0.25, 0.3) is 0 Å². The normalized spacial score (nSPS) is 8.82. The van der Waals surface area contributed by atoms with Crippen LogP contribution in [0.3, 0.4) is 0 Å². The van der Waals surface area contributed by atoms with Crippen molar-refractivity contribution in [2.45, 2.75) is 5.03 Å². The number of hydrogen-bond acceptors (Lipinski definition) is 1. The van der Waals surface area contributed by atoms with E-state index in [0.717, 1.165) is 5.03 Å². The lowest BCUT2D eigenvalue weighted by atomic mass is 10.5. The molecule has 0 atom stereocenters. The molecule has 1 heterocycles. The average Bonchev–Trinajstić information content (AvgIpc) is 2.16. The van der Waals surface area contributed by atoms with Crippen LogP contribution in [0.2, 0.25) is 0 Å². The van der Waals surface area contributed by atoms with Crippen LogP contribution in [-0.2, 0) is 0 Å². The molecular weight excluding hydrogens is 154 g/mol. The maximum Gasteiger partial charge on any atom is 0.0718 e. The fourth-order valence-corrected chi connectivity index (χ4v) is 1.10. The van der Waals surface area contributed by atoms with Crippen molar-refractivity contribution >= 4 is 11.8 Å². The van der Waals surface area contributed by atoms with Crippen LogP contribution in [0.4, 0.5) is 0 Å². The molecule has 0 radical (unpaired) electrons. The number of thioether (sulfide) groups is 1. The summed E-state index contributed by atoms with van der Waals surface area (Å²) in [7, 11) is 0. The van der Waals surface area contributed by atoms with Gasteiger partial charge in [-0.25, -0.2) is 0 Å². The molecule has 0 bridgehead atoms. The van der Waals surface area contributed by atoms with E-state index in [1.165, 1.54) is 0 Å². The third kappa shape index (κ3) is 3.14. The number of nitrogens with one attached hydrogen (secondary N) is 1. The van der Waals surface area contributed by atoms with Gasteiger partial charge in [0.05, 0.1) is 5.03 Å². The highest BCUT2D eigenvalue weighted by Crippen LogP contribution is 2.06. The minimum absolute atomic E-state index is 1.15. The lowest BCUT2D eigenvalue weighted by molar-refractivity contribution is 1.16. The first-order valence-electron chi connectivity index (χ1n) is 3.44. The molecule has 0 aliphatic rings. The molecule has 58 valence electrons. The van der Waals surface area contributed by atoms with Crippen molar-refractivity contribution < 1.29 is 0 Å². The predicted octanol–water partition coefficient (Wildman–Crippen LogP) is 2.86. The van der Waals surface area contributed by atoms with Crippen molar-refractivity contribution in [2.24, 2.45) is 0 Å². The van der Waals surface area contributed by atoms with Gasteiger partial charge < -0.3 is 4.98 Å². The van der Waals surface area contributed by atoms with Crippen LogP contribution in [0.1, 0.15) is 0 Å². The fourth-order valence-electron chi connectivity index (χ4n) is 0.696. The maximum atomic E-state index is 3.15. The highest BCUT2D eigenvalue weighted by molar-refractivity contribution is 7.98. The van der Waals surface area contributed by atoms with Crippen LogP contribution >= 0.6 is 11.8 Å². The number of hydrogen-bond donors (Lipinski definition) is 1. The summed E-state index contributed by atoms with van der Waals surface area (Å²) in [6.07, 6.45) is 3.97. The van der Waals surface area contributed by atoms with E-state index in [1.807, 2.05) is 48.9 Å². The number of aromatic amines is 1. The van der Waals surface area contributed by atoms with E-state index >= 15 is 0 Å². The summed E-state index contributed by atoms with van der Waals surface area (Å²) in [6, 6.07) is 12.0.